The number of aromatic nitrogens is 3. The van der Waals surface area contributed by atoms with Crippen molar-refractivity contribution in [3.05, 3.63) is 144 Å². The number of ether oxygens (including phenoxy) is 1. The average molecular weight is 858 g/mol. The minimum absolute atomic E-state index is 0.0326. The van der Waals surface area contributed by atoms with Gasteiger partial charge in [-0.15, -0.1) is 0 Å². The van der Waals surface area contributed by atoms with Gasteiger partial charge in [0.05, 0.1) is 12.9 Å². The normalized spacial score (nSPS) is 12.4. The number of phenolic OH excluding ortho intramolecular Hbond substituents is 1. The zero-order valence-corrected chi connectivity index (χ0v) is 36.6. The third kappa shape index (κ3) is 16.7. The molecule has 0 saturated carbocycles. The molecule has 13 heteroatoms. The highest BCUT2D eigenvalue weighted by atomic mass is 16.5. The van der Waals surface area contributed by atoms with Crippen LogP contribution in [-0.4, -0.2) is 86.9 Å². The maximum absolute atomic E-state index is 14.4. The Morgan fingerprint density at radius 2 is 1.32 bits per heavy atom. The number of amides is 4. The van der Waals surface area contributed by atoms with E-state index in [4.69, 9.17) is 4.74 Å². The molecule has 2 aromatic heterocycles. The number of hydrogen-bond donors (Lipinski definition) is 5. The monoisotopic (exact) mass is 857 g/mol. The number of pyridine rings is 1. The van der Waals surface area contributed by atoms with Crippen LogP contribution < -0.4 is 20.7 Å². The van der Waals surface area contributed by atoms with E-state index in [-0.39, 0.29) is 30.9 Å². The summed E-state index contributed by atoms with van der Waals surface area (Å²) in [6.45, 7) is 3.19. The van der Waals surface area contributed by atoms with E-state index in [1.807, 2.05) is 48.5 Å². The molecule has 5 aromatic rings. The van der Waals surface area contributed by atoms with Crippen molar-refractivity contribution in [2.24, 2.45) is 0 Å². The summed E-state index contributed by atoms with van der Waals surface area (Å²) in [7, 11) is 1.69. The van der Waals surface area contributed by atoms with Crippen molar-refractivity contribution in [1.29, 1.82) is 0 Å². The molecule has 0 bridgehead atoms. The highest BCUT2D eigenvalue weighted by molar-refractivity contribution is 5.99. The highest BCUT2D eigenvalue weighted by Gasteiger charge is 2.32. The Morgan fingerprint density at radius 3 is 1.97 bits per heavy atom. The second-order valence-corrected chi connectivity index (χ2v) is 16.0. The molecule has 0 spiro atoms. The molecule has 2 heterocycles. The number of hydrogen-bond acceptors (Lipinski definition) is 8. The van der Waals surface area contributed by atoms with Crippen molar-refractivity contribution in [2.45, 2.75) is 109 Å². The number of H-pyrrole nitrogens is 1. The van der Waals surface area contributed by atoms with Crippen LogP contribution in [0.2, 0.25) is 0 Å². The van der Waals surface area contributed by atoms with Crippen LogP contribution >= 0.6 is 0 Å². The van der Waals surface area contributed by atoms with E-state index in [2.05, 4.69) is 37.8 Å². The van der Waals surface area contributed by atoms with Gasteiger partial charge >= 0.3 is 0 Å². The van der Waals surface area contributed by atoms with Gasteiger partial charge in [0.2, 0.25) is 17.7 Å². The van der Waals surface area contributed by atoms with Gasteiger partial charge in [0.25, 0.3) is 5.91 Å². The van der Waals surface area contributed by atoms with Crippen LogP contribution in [0.1, 0.15) is 97.6 Å². The number of aromatic hydroxyl groups is 1. The summed E-state index contributed by atoms with van der Waals surface area (Å²) in [5.74, 6) is -1.29. The van der Waals surface area contributed by atoms with Gasteiger partial charge in [-0.1, -0.05) is 107 Å². The van der Waals surface area contributed by atoms with Gasteiger partial charge < -0.3 is 35.7 Å². The number of aromatic amines is 1. The minimum atomic E-state index is -1.17. The number of nitrogens with one attached hydrogen (secondary N) is 4. The molecular weight excluding hydrogens is 795 g/mol. The van der Waals surface area contributed by atoms with E-state index >= 15 is 0 Å². The number of benzene rings is 3. The van der Waals surface area contributed by atoms with Crippen LogP contribution in [0.4, 0.5) is 0 Å². The fraction of sp³-hybridized carbons (Fsp3) is 0.400. The van der Waals surface area contributed by atoms with Crippen molar-refractivity contribution in [1.82, 2.24) is 35.8 Å². The zero-order valence-electron chi connectivity index (χ0n) is 36.6. The molecule has 0 aliphatic carbocycles. The molecular formula is C50H63N7O6. The van der Waals surface area contributed by atoms with Gasteiger partial charge in [0, 0.05) is 68.6 Å². The molecule has 5 rings (SSSR count). The molecule has 0 radical (unpaired) electrons. The third-order valence-electron chi connectivity index (χ3n) is 10.9. The number of imidazole rings is 1. The van der Waals surface area contributed by atoms with Gasteiger partial charge in [-0.2, -0.15) is 0 Å². The predicted octanol–water partition coefficient (Wildman–Crippen LogP) is 6.92. The fourth-order valence-corrected chi connectivity index (χ4v) is 7.25. The fourth-order valence-electron chi connectivity index (χ4n) is 7.25. The summed E-state index contributed by atoms with van der Waals surface area (Å²) in [4.78, 5) is 69.4. The van der Waals surface area contributed by atoms with Crippen molar-refractivity contribution in [2.75, 3.05) is 20.2 Å². The predicted molar refractivity (Wildman–Crippen MR) is 244 cm³/mol. The van der Waals surface area contributed by atoms with Crippen LogP contribution in [-0.2, 0) is 40.1 Å². The van der Waals surface area contributed by atoms with E-state index in [0.717, 1.165) is 24.1 Å². The minimum Gasteiger partial charge on any atom is -0.508 e. The number of phenols is 1. The second-order valence-electron chi connectivity index (χ2n) is 16.0. The Hall–Kier alpha value is -6.50. The Balaban J connectivity index is 1.26. The van der Waals surface area contributed by atoms with Gasteiger partial charge in [-0.25, -0.2) is 4.98 Å². The Labute approximate surface area is 371 Å². The Kier molecular flexibility index (Phi) is 19.7. The molecule has 3 aromatic carbocycles. The first-order valence-electron chi connectivity index (χ1n) is 22.3. The SMILES string of the molecule is CCCCCCCCCCCOc1ccc(C(=O)N[C@@H](Cc2cnc[nH]2)C(=O)N[C@@H](Cc2ccc(O)cc2)C(=O)N[C@@H](Cc2ccccc2)C(=O)N(C)CCc2ccccn2)cc1. The number of carbonyl (C=O) groups excluding carboxylic acids is 4. The lowest BCUT2D eigenvalue weighted by atomic mass is 10.0. The first-order valence-corrected chi connectivity index (χ1v) is 22.3. The first-order chi connectivity index (χ1) is 30.7. The van der Waals surface area contributed by atoms with Crippen LogP contribution in [0.15, 0.2) is 116 Å². The maximum Gasteiger partial charge on any atom is 0.251 e. The van der Waals surface area contributed by atoms with Gasteiger partial charge in [-0.3, -0.25) is 24.2 Å². The standard InChI is InChI=1S/C50H63N7O6/c1-3-4-5-6-7-8-9-10-16-31-63-43-26-22-39(23-27-43)47(59)54-45(34-41-35-51-36-53-41)49(61)55-44(32-38-20-24-42(58)25-21-38)48(60)56-46(33-37-17-12-11-13-18-37)50(62)57(2)30-28-40-19-14-15-29-52-40/h11-15,17-27,29,35-36,44-46,58H,3-10,16,28,30-34H2,1-2H3,(H,51,53)(H,54,59)(H,55,61)(H,56,60)/t44-,45-,46-/m0/s1. The number of nitrogens with zero attached hydrogens (tertiary/aromatic N) is 3. The molecule has 4 amide bonds. The van der Waals surface area contributed by atoms with Gasteiger partial charge in [0.1, 0.15) is 29.6 Å². The van der Waals surface area contributed by atoms with Gasteiger partial charge in [0.15, 0.2) is 0 Å². The number of carbonyl (C=O) groups is 4. The van der Waals surface area contributed by atoms with Crippen molar-refractivity contribution in [3.8, 4) is 11.5 Å². The molecule has 3 atom stereocenters. The summed E-state index contributed by atoms with van der Waals surface area (Å²) in [5, 5.41) is 18.7. The smallest absolute Gasteiger partial charge is 0.251 e. The molecule has 0 unspecified atom stereocenters. The third-order valence-corrected chi connectivity index (χ3v) is 10.9. The molecule has 334 valence electrons. The molecule has 0 saturated heterocycles. The summed E-state index contributed by atoms with van der Waals surface area (Å²) < 4.78 is 5.95. The summed E-state index contributed by atoms with van der Waals surface area (Å²) in [6.07, 6.45) is 16.6. The van der Waals surface area contributed by atoms with Gasteiger partial charge in [-0.05, 0) is 66.1 Å². The summed E-state index contributed by atoms with van der Waals surface area (Å²) in [5.41, 5.74) is 3.26. The van der Waals surface area contributed by atoms with Crippen LogP contribution in [0, 0.1) is 0 Å². The molecule has 0 aliphatic rings. The average Bonchev–Trinajstić information content (AvgIpc) is 3.82. The number of likely N-dealkylation sites (N-methyl/N-ethyl adjacent to an activating group) is 1. The quantitative estimate of drug-likeness (QED) is 0.0354. The van der Waals surface area contributed by atoms with E-state index in [0.29, 0.717) is 42.1 Å². The first kappa shape index (κ1) is 47.5. The summed E-state index contributed by atoms with van der Waals surface area (Å²) >= 11 is 0. The Morgan fingerprint density at radius 1 is 0.698 bits per heavy atom. The topological polar surface area (TPSA) is 179 Å². The molecule has 0 aliphatic heterocycles. The lowest BCUT2D eigenvalue weighted by Gasteiger charge is -2.28. The van der Waals surface area contributed by atoms with Crippen LogP contribution in [0.25, 0.3) is 0 Å². The van der Waals surface area contributed by atoms with E-state index in [9.17, 15) is 24.3 Å². The van der Waals surface area contributed by atoms with E-state index < -0.39 is 35.8 Å². The molecule has 5 N–H and O–H groups in total. The number of rotatable bonds is 27. The second kappa shape index (κ2) is 26.1. The number of unbranched alkanes of at least 4 members (excludes halogenated alkanes) is 8. The van der Waals surface area contributed by atoms with E-state index in [1.165, 1.54) is 63.4 Å². The van der Waals surface area contributed by atoms with Crippen LogP contribution in [0.3, 0.4) is 0 Å². The van der Waals surface area contributed by atoms with Crippen molar-refractivity contribution in [3.63, 3.8) is 0 Å². The van der Waals surface area contributed by atoms with E-state index in [1.54, 1.807) is 60.7 Å². The lowest BCUT2D eigenvalue weighted by Crippen LogP contribution is -2.58. The zero-order chi connectivity index (χ0) is 44.7. The molecule has 13 nitrogen and oxygen atoms in total. The van der Waals surface area contributed by atoms with Crippen molar-refractivity contribution < 1.29 is 29.0 Å². The Bertz CT molecular complexity index is 2100. The maximum atomic E-state index is 14.4. The largest absolute Gasteiger partial charge is 0.508 e. The van der Waals surface area contributed by atoms with Crippen LogP contribution in [0.5, 0.6) is 11.5 Å². The highest BCUT2D eigenvalue weighted by Crippen LogP contribution is 2.16. The molecule has 63 heavy (non-hydrogen) atoms. The molecule has 0 fully saturated rings. The summed E-state index contributed by atoms with van der Waals surface area (Å²) in [6, 6.07) is 24.9. The van der Waals surface area contributed by atoms with Crippen molar-refractivity contribution >= 4 is 23.6 Å². The lowest BCUT2D eigenvalue weighted by molar-refractivity contribution is -0.136.